The predicted octanol–water partition coefficient (Wildman–Crippen LogP) is 1.98. The Kier molecular flexibility index (Phi) is 5.58. The van der Waals surface area contributed by atoms with Crippen molar-refractivity contribution in [1.82, 2.24) is 4.72 Å². The molecule has 0 saturated carbocycles. The first-order valence-electron chi connectivity index (χ1n) is 7.23. The third-order valence-electron chi connectivity index (χ3n) is 3.32. The SMILES string of the molecule is COC(=O)[C@@](C)(COc1ccccc1)NS(=O)(=O)c1ccccc1. The molecule has 24 heavy (non-hydrogen) atoms. The maximum atomic E-state index is 12.5. The quantitative estimate of drug-likeness (QED) is 0.773. The summed E-state index contributed by atoms with van der Waals surface area (Å²) in [6, 6.07) is 16.6. The van der Waals surface area contributed by atoms with Gasteiger partial charge in [-0.1, -0.05) is 36.4 Å². The Morgan fingerprint density at radius 1 is 1.04 bits per heavy atom. The third kappa shape index (κ3) is 4.33. The van der Waals surface area contributed by atoms with E-state index in [0.29, 0.717) is 5.75 Å². The van der Waals surface area contributed by atoms with Gasteiger partial charge in [-0.05, 0) is 31.2 Å². The highest BCUT2D eigenvalue weighted by Gasteiger charge is 2.40. The van der Waals surface area contributed by atoms with Crippen molar-refractivity contribution in [3.8, 4) is 5.75 Å². The zero-order valence-corrected chi connectivity index (χ0v) is 14.2. The van der Waals surface area contributed by atoms with Crippen molar-refractivity contribution in [2.24, 2.45) is 0 Å². The standard InChI is InChI=1S/C17H19NO5S/c1-17(16(19)22-2,13-23-14-9-5-3-6-10-14)18-24(20,21)15-11-7-4-8-12-15/h3-12,18H,13H2,1-2H3/t17-/m1/s1. The van der Waals surface area contributed by atoms with E-state index in [4.69, 9.17) is 9.47 Å². The second-order valence-electron chi connectivity index (χ2n) is 5.34. The van der Waals surface area contributed by atoms with E-state index in [1.807, 2.05) is 6.07 Å². The molecule has 0 spiro atoms. The van der Waals surface area contributed by atoms with Gasteiger partial charge in [0.1, 0.15) is 12.4 Å². The van der Waals surface area contributed by atoms with Crippen LogP contribution in [0.1, 0.15) is 6.92 Å². The predicted molar refractivity (Wildman–Crippen MR) is 89.1 cm³/mol. The first kappa shape index (κ1) is 18.0. The minimum absolute atomic E-state index is 0.0554. The minimum Gasteiger partial charge on any atom is -0.491 e. The lowest BCUT2D eigenvalue weighted by Crippen LogP contribution is -2.56. The number of sulfonamides is 1. The van der Waals surface area contributed by atoms with Gasteiger partial charge in [0.05, 0.1) is 12.0 Å². The van der Waals surface area contributed by atoms with Crippen LogP contribution in [-0.2, 0) is 19.6 Å². The topological polar surface area (TPSA) is 81.7 Å². The molecule has 0 aliphatic heterocycles. The summed E-state index contributed by atoms with van der Waals surface area (Å²) in [5.74, 6) is -0.218. The molecule has 7 heteroatoms. The molecule has 0 amide bonds. The number of methoxy groups -OCH3 is 1. The van der Waals surface area contributed by atoms with Crippen LogP contribution in [0.3, 0.4) is 0 Å². The zero-order chi connectivity index (χ0) is 17.6. The monoisotopic (exact) mass is 349 g/mol. The van der Waals surface area contributed by atoms with Crippen LogP contribution in [0.5, 0.6) is 5.75 Å². The lowest BCUT2D eigenvalue weighted by molar-refractivity contribution is -0.148. The summed E-state index contributed by atoms with van der Waals surface area (Å²) in [6.45, 7) is 1.21. The van der Waals surface area contributed by atoms with Gasteiger partial charge in [-0.25, -0.2) is 13.2 Å². The Labute approximate surface area is 141 Å². The van der Waals surface area contributed by atoms with Crippen LogP contribution >= 0.6 is 0 Å². The average Bonchev–Trinajstić information content (AvgIpc) is 2.60. The Morgan fingerprint density at radius 2 is 1.58 bits per heavy atom. The zero-order valence-electron chi connectivity index (χ0n) is 13.4. The van der Waals surface area contributed by atoms with Crippen LogP contribution in [0.15, 0.2) is 65.6 Å². The van der Waals surface area contributed by atoms with Crippen molar-refractivity contribution in [2.45, 2.75) is 17.4 Å². The molecule has 0 heterocycles. The molecule has 1 N–H and O–H groups in total. The lowest BCUT2D eigenvalue weighted by atomic mass is 10.1. The van der Waals surface area contributed by atoms with Crippen molar-refractivity contribution in [2.75, 3.05) is 13.7 Å². The largest absolute Gasteiger partial charge is 0.491 e. The smallest absolute Gasteiger partial charge is 0.330 e. The fourth-order valence-corrected chi connectivity index (χ4v) is 3.42. The summed E-state index contributed by atoms with van der Waals surface area (Å²) in [6.07, 6.45) is 0. The van der Waals surface area contributed by atoms with Crippen LogP contribution in [0.2, 0.25) is 0 Å². The Balaban J connectivity index is 2.23. The fourth-order valence-electron chi connectivity index (χ4n) is 2.05. The molecular weight excluding hydrogens is 330 g/mol. The molecule has 2 aromatic carbocycles. The minimum atomic E-state index is -3.91. The first-order chi connectivity index (χ1) is 11.4. The number of ether oxygens (including phenoxy) is 2. The van der Waals surface area contributed by atoms with Crippen molar-refractivity contribution >= 4 is 16.0 Å². The van der Waals surface area contributed by atoms with E-state index in [-0.39, 0.29) is 11.5 Å². The van der Waals surface area contributed by atoms with Crippen molar-refractivity contribution in [1.29, 1.82) is 0 Å². The van der Waals surface area contributed by atoms with Crippen molar-refractivity contribution < 1.29 is 22.7 Å². The third-order valence-corrected chi connectivity index (χ3v) is 4.93. The van der Waals surface area contributed by atoms with Crippen LogP contribution in [-0.4, -0.2) is 33.6 Å². The molecule has 2 aromatic rings. The molecular formula is C17H19NO5S. The highest BCUT2D eigenvalue weighted by atomic mass is 32.2. The van der Waals surface area contributed by atoms with Gasteiger partial charge in [-0.2, -0.15) is 4.72 Å². The van der Waals surface area contributed by atoms with Gasteiger partial charge in [0.15, 0.2) is 5.54 Å². The van der Waals surface area contributed by atoms with E-state index in [2.05, 4.69) is 4.72 Å². The highest BCUT2D eigenvalue weighted by molar-refractivity contribution is 7.89. The van der Waals surface area contributed by atoms with Gasteiger partial charge < -0.3 is 9.47 Å². The van der Waals surface area contributed by atoms with Crippen molar-refractivity contribution in [3.63, 3.8) is 0 Å². The number of benzene rings is 2. The first-order valence-corrected chi connectivity index (χ1v) is 8.71. The molecule has 128 valence electrons. The molecule has 0 aliphatic carbocycles. The number of para-hydroxylation sites is 1. The molecule has 1 atom stereocenters. The highest BCUT2D eigenvalue weighted by Crippen LogP contribution is 2.17. The molecule has 2 rings (SSSR count). The number of rotatable bonds is 7. The van der Waals surface area contributed by atoms with Gasteiger partial charge in [-0.3, -0.25) is 0 Å². The summed E-state index contributed by atoms with van der Waals surface area (Å²) in [5, 5.41) is 0. The summed E-state index contributed by atoms with van der Waals surface area (Å²) in [4.78, 5) is 12.2. The summed E-state index contributed by atoms with van der Waals surface area (Å²) in [5.41, 5.74) is -1.57. The Hall–Kier alpha value is -2.38. The van der Waals surface area contributed by atoms with Gasteiger partial charge >= 0.3 is 5.97 Å². The number of hydrogen-bond acceptors (Lipinski definition) is 5. The number of carbonyl (C=O) groups excluding carboxylic acids is 1. The van der Waals surface area contributed by atoms with E-state index in [1.54, 1.807) is 42.5 Å². The molecule has 0 fully saturated rings. The summed E-state index contributed by atoms with van der Waals surface area (Å²) in [7, 11) is -2.71. The molecule has 0 unspecified atom stereocenters. The Bertz CT molecular complexity index is 777. The maximum absolute atomic E-state index is 12.5. The summed E-state index contributed by atoms with van der Waals surface area (Å²) < 4.78 is 37.7. The van der Waals surface area contributed by atoms with Gasteiger partial charge in [0, 0.05) is 0 Å². The second kappa shape index (κ2) is 7.46. The lowest BCUT2D eigenvalue weighted by Gasteiger charge is -2.27. The van der Waals surface area contributed by atoms with Crippen molar-refractivity contribution in [3.05, 3.63) is 60.7 Å². The summed E-state index contributed by atoms with van der Waals surface area (Å²) >= 11 is 0. The van der Waals surface area contributed by atoms with E-state index in [0.717, 1.165) is 0 Å². The van der Waals surface area contributed by atoms with E-state index in [9.17, 15) is 13.2 Å². The van der Waals surface area contributed by atoms with E-state index < -0.39 is 21.5 Å². The van der Waals surface area contributed by atoms with Crippen LogP contribution < -0.4 is 9.46 Å². The van der Waals surface area contributed by atoms with Crippen LogP contribution in [0.25, 0.3) is 0 Å². The number of nitrogens with one attached hydrogen (secondary N) is 1. The van der Waals surface area contributed by atoms with Gasteiger partial charge in [0.25, 0.3) is 0 Å². The normalized spacial score (nSPS) is 13.8. The molecule has 0 radical (unpaired) electrons. The maximum Gasteiger partial charge on any atom is 0.330 e. The molecule has 0 aromatic heterocycles. The number of hydrogen-bond donors (Lipinski definition) is 1. The molecule has 6 nitrogen and oxygen atoms in total. The number of carbonyl (C=O) groups is 1. The van der Waals surface area contributed by atoms with Crippen LogP contribution in [0.4, 0.5) is 0 Å². The van der Waals surface area contributed by atoms with E-state index >= 15 is 0 Å². The van der Waals surface area contributed by atoms with Gasteiger partial charge in [-0.15, -0.1) is 0 Å². The van der Waals surface area contributed by atoms with Gasteiger partial charge in [0.2, 0.25) is 10.0 Å². The second-order valence-corrected chi connectivity index (χ2v) is 7.03. The average molecular weight is 349 g/mol. The number of esters is 1. The van der Waals surface area contributed by atoms with Crippen LogP contribution in [0, 0.1) is 0 Å². The molecule has 0 bridgehead atoms. The molecule has 0 saturated heterocycles. The van der Waals surface area contributed by atoms with E-state index in [1.165, 1.54) is 26.2 Å². The Morgan fingerprint density at radius 3 is 2.12 bits per heavy atom. The molecule has 0 aliphatic rings. The fraction of sp³-hybridized carbons (Fsp3) is 0.235.